The third-order valence-electron chi connectivity index (χ3n) is 1.34. The number of thiocarbonyl (C=S) groups is 1. The minimum atomic E-state index is -2.12. The van der Waals surface area contributed by atoms with E-state index in [9.17, 15) is 8.42 Å². The fourth-order valence-corrected chi connectivity index (χ4v) is 1.28. The van der Waals surface area contributed by atoms with Crippen LogP contribution in [0.2, 0.25) is 0 Å². The van der Waals surface area contributed by atoms with Crippen molar-refractivity contribution in [2.45, 2.75) is 6.42 Å². The van der Waals surface area contributed by atoms with Crippen LogP contribution in [0.15, 0.2) is 28.9 Å². The van der Waals surface area contributed by atoms with Gasteiger partial charge in [-0.25, -0.2) is 0 Å². The molecule has 3 nitrogen and oxygen atoms in total. The van der Waals surface area contributed by atoms with Crippen LogP contribution in [0.3, 0.4) is 0 Å². The molecule has 0 heterocycles. The average Bonchev–Trinajstić information content (AvgIpc) is 2.06. The predicted octanol–water partition coefficient (Wildman–Crippen LogP) is 1.10. The van der Waals surface area contributed by atoms with Crippen LogP contribution in [-0.4, -0.2) is 18.4 Å². The number of nitrogens with zero attached hydrogens (tertiary/aromatic N) is 1. The topological polar surface area (TPSA) is 46.5 Å². The molecule has 0 aliphatic heterocycles. The molecule has 0 bridgehead atoms. The maximum absolute atomic E-state index is 10.4. The van der Waals surface area contributed by atoms with Crippen molar-refractivity contribution >= 4 is 46.0 Å². The van der Waals surface area contributed by atoms with Gasteiger partial charge in [0.15, 0.2) is 0 Å². The van der Waals surface area contributed by atoms with Crippen molar-refractivity contribution < 1.29 is 8.42 Å². The minimum absolute atomic E-state index is 0. The monoisotopic (exact) mass is 233 g/mol. The number of isothiocyanates is 1. The van der Waals surface area contributed by atoms with Crippen molar-refractivity contribution in [3.8, 4) is 0 Å². The van der Waals surface area contributed by atoms with E-state index in [1.54, 1.807) is 12.2 Å². The molecular formula is C7H7NO2S3. The highest BCUT2D eigenvalue weighted by molar-refractivity contribution is 7.78. The molecule has 0 saturated heterocycles. The van der Waals surface area contributed by atoms with Gasteiger partial charge >= 0.3 is 0 Å². The molecule has 6 heteroatoms. The van der Waals surface area contributed by atoms with Gasteiger partial charge < -0.3 is 0 Å². The Morgan fingerprint density at radius 3 is 2.54 bits per heavy atom. The highest BCUT2D eigenvalue weighted by Crippen LogP contribution is 2.07. The van der Waals surface area contributed by atoms with Gasteiger partial charge in [-0.1, -0.05) is 6.08 Å². The van der Waals surface area contributed by atoms with Crippen molar-refractivity contribution in [3.05, 3.63) is 23.9 Å². The molecule has 0 amide bonds. The van der Waals surface area contributed by atoms with E-state index in [1.807, 2.05) is 0 Å². The van der Waals surface area contributed by atoms with Crippen molar-refractivity contribution in [2.24, 2.45) is 4.99 Å². The van der Waals surface area contributed by atoms with Gasteiger partial charge in [0.1, 0.15) is 0 Å². The maximum Gasteiger partial charge on any atom is 0.217 e. The molecule has 13 heavy (non-hydrogen) atoms. The Labute approximate surface area is 89.9 Å². The minimum Gasteiger partial charge on any atom is -0.197 e. The molecule has 0 fully saturated rings. The number of allylic oxidation sites excluding steroid dienone is 3. The lowest BCUT2D eigenvalue weighted by atomic mass is 10.1. The van der Waals surface area contributed by atoms with Crippen LogP contribution >= 0.6 is 25.7 Å². The van der Waals surface area contributed by atoms with Crippen molar-refractivity contribution in [2.75, 3.05) is 0 Å². The summed E-state index contributed by atoms with van der Waals surface area (Å²) >= 11 is 4.39. The van der Waals surface area contributed by atoms with Gasteiger partial charge in [-0.2, -0.15) is 26.9 Å². The van der Waals surface area contributed by atoms with E-state index in [-0.39, 0.29) is 13.5 Å². The van der Waals surface area contributed by atoms with Gasteiger partial charge in [-0.05, 0) is 24.4 Å². The van der Waals surface area contributed by atoms with Crippen molar-refractivity contribution in [3.63, 3.8) is 0 Å². The van der Waals surface area contributed by atoms with Crippen LogP contribution in [0.25, 0.3) is 0 Å². The summed E-state index contributed by atoms with van der Waals surface area (Å²) in [5.74, 6) is 0. The zero-order chi connectivity index (χ0) is 8.97. The maximum atomic E-state index is 10.4. The van der Waals surface area contributed by atoms with Gasteiger partial charge in [0.2, 0.25) is 10.3 Å². The largest absolute Gasteiger partial charge is 0.217 e. The first-order chi connectivity index (χ1) is 5.74. The van der Waals surface area contributed by atoms with Gasteiger partial charge in [-0.3, -0.25) is 0 Å². The lowest BCUT2D eigenvalue weighted by molar-refractivity contribution is 0.627. The van der Waals surface area contributed by atoms with E-state index in [0.29, 0.717) is 17.0 Å². The molecule has 0 aromatic heterocycles. The molecule has 0 saturated carbocycles. The first kappa shape index (κ1) is 12.3. The lowest BCUT2D eigenvalue weighted by Crippen LogP contribution is -1.97. The molecule has 0 N–H and O–H groups in total. The summed E-state index contributed by atoms with van der Waals surface area (Å²) < 4.78 is 20.9. The second-order valence-corrected chi connectivity index (χ2v) is 3.25. The summed E-state index contributed by atoms with van der Waals surface area (Å²) in [5.41, 5.74) is 0.652. The van der Waals surface area contributed by atoms with Crippen molar-refractivity contribution in [1.29, 1.82) is 0 Å². The zero-order valence-corrected chi connectivity index (χ0v) is 9.15. The summed E-state index contributed by atoms with van der Waals surface area (Å²) in [4.78, 5) is 4.06. The quantitative estimate of drug-likeness (QED) is 0.503. The summed E-state index contributed by atoms with van der Waals surface area (Å²) in [5, 5.41) is 2.21. The standard InChI is InChI=1S/C7H5NO2S2.H2S/c9-12(10)7-3-1-6(2-4-7)8-5-11;/h1-3H,4H2;1H2. The first-order valence-corrected chi connectivity index (χ1v) is 4.63. The fourth-order valence-electron chi connectivity index (χ4n) is 0.779. The van der Waals surface area contributed by atoms with E-state index >= 15 is 0 Å². The second-order valence-electron chi connectivity index (χ2n) is 2.07. The summed E-state index contributed by atoms with van der Waals surface area (Å²) in [6.07, 6.45) is 5.16. The van der Waals surface area contributed by atoms with Gasteiger partial charge in [0, 0.05) is 6.42 Å². The normalized spacial score (nSPS) is 13.8. The van der Waals surface area contributed by atoms with Gasteiger partial charge in [0.25, 0.3) is 0 Å². The number of rotatable bonds is 1. The first-order valence-electron chi connectivity index (χ1n) is 3.15. The second kappa shape index (κ2) is 5.88. The van der Waals surface area contributed by atoms with Gasteiger partial charge in [-0.15, -0.1) is 0 Å². The highest BCUT2D eigenvalue weighted by atomic mass is 32.2. The third kappa shape index (κ3) is 3.69. The summed E-state index contributed by atoms with van der Waals surface area (Å²) in [7, 11) is -2.12. The Hall–Kier alpha value is -0.680. The van der Waals surface area contributed by atoms with E-state index < -0.39 is 10.3 Å². The van der Waals surface area contributed by atoms with Gasteiger partial charge in [0.05, 0.1) is 15.7 Å². The Bertz CT molecular complexity index is 417. The Kier molecular flexibility index (Phi) is 5.57. The smallest absolute Gasteiger partial charge is 0.197 e. The Balaban J connectivity index is 0.00000144. The molecule has 1 rings (SSSR count). The van der Waals surface area contributed by atoms with Crippen LogP contribution in [0.5, 0.6) is 0 Å². The Morgan fingerprint density at radius 2 is 2.15 bits per heavy atom. The van der Waals surface area contributed by atoms with Crippen LogP contribution < -0.4 is 0 Å². The molecule has 1 aliphatic carbocycles. The average molecular weight is 233 g/mol. The van der Waals surface area contributed by atoms with Crippen LogP contribution in [0, 0.1) is 0 Å². The molecule has 0 radical (unpaired) electrons. The summed E-state index contributed by atoms with van der Waals surface area (Å²) in [6.45, 7) is 0. The molecular weight excluding hydrogens is 226 g/mol. The SMILES string of the molecule is O=S(=O)=C1C=CC(N=C=S)=CC1.S. The Morgan fingerprint density at radius 1 is 1.46 bits per heavy atom. The molecule has 0 spiro atoms. The molecule has 0 atom stereocenters. The number of hydrogen-bond donors (Lipinski definition) is 0. The van der Waals surface area contributed by atoms with Crippen LogP contribution in [-0.2, 0) is 10.3 Å². The summed E-state index contributed by atoms with van der Waals surface area (Å²) in [6, 6.07) is 0. The lowest BCUT2D eigenvalue weighted by Gasteiger charge is -1.98. The van der Waals surface area contributed by atoms with E-state index in [2.05, 4.69) is 22.4 Å². The van der Waals surface area contributed by atoms with Crippen LogP contribution in [0.1, 0.15) is 6.42 Å². The number of aliphatic imine (C=N–C) groups is 1. The fraction of sp³-hybridized carbons (Fsp3) is 0.143. The zero-order valence-electron chi connectivity index (χ0n) is 6.52. The number of hydrogen-bond acceptors (Lipinski definition) is 4. The molecule has 0 aromatic rings. The van der Waals surface area contributed by atoms with E-state index in [4.69, 9.17) is 0 Å². The van der Waals surface area contributed by atoms with Crippen molar-refractivity contribution in [1.82, 2.24) is 0 Å². The highest BCUT2D eigenvalue weighted by Gasteiger charge is 2.01. The van der Waals surface area contributed by atoms with E-state index in [1.165, 1.54) is 6.08 Å². The molecule has 1 aliphatic rings. The third-order valence-corrected chi connectivity index (χ3v) is 2.16. The predicted molar refractivity (Wildman–Crippen MR) is 61.2 cm³/mol. The van der Waals surface area contributed by atoms with E-state index in [0.717, 1.165) is 0 Å². The molecule has 0 unspecified atom stereocenters. The molecule has 70 valence electrons. The van der Waals surface area contributed by atoms with Crippen LogP contribution in [0.4, 0.5) is 0 Å². The molecule has 0 aromatic carbocycles.